The summed E-state index contributed by atoms with van der Waals surface area (Å²) in [4.78, 5) is 16.2. The Labute approximate surface area is 140 Å². The number of halogens is 1. The number of benzene rings is 1. The van der Waals surface area contributed by atoms with E-state index in [1.807, 2.05) is 0 Å². The van der Waals surface area contributed by atoms with Gasteiger partial charge in [-0.05, 0) is 25.0 Å². The molecule has 1 unspecified atom stereocenters. The van der Waals surface area contributed by atoms with E-state index in [0.717, 1.165) is 31.9 Å². The quantitative estimate of drug-likeness (QED) is 0.938. The Kier molecular flexibility index (Phi) is 4.68. The van der Waals surface area contributed by atoms with Gasteiger partial charge in [0.1, 0.15) is 5.02 Å². The Balaban J connectivity index is 1.70. The summed E-state index contributed by atoms with van der Waals surface area (Å²) in [6, 6.07) is 8.90. The van der Waals surface area contributed by atoms with Crippen LogP contribution in [0.15, 0.2) is 35.3 Å². The molecule has 1 aliphatic heterocycles. The van der Waals surface area contributed by atoms with Crippen LogP contribution in [0.25, 0.3) is 0 Å². The third kappa shape index (κ3) is 3.26. The fraction of sp³-hybridized carbons (Fsp3) is 0.412. The van der Waals surface area contributed by atoms with Gasteiger partial charge >= 0.3 is 0 Å². The molecule has 0 aliphatic carbocycles. The molecule has 3 rings (SSSR count). The number of nitrogens with one attached hydrogen (secondary N) is 1. The van der Waals surface area contributed by atoms with Crippen LogP contribution >= 0.6 is 11.6 Å². The first-order valence-corrected chi connectivity index (χ1v) is 8.23. The van der Waals surface area contributed by atoms with Crippen molar-refractivity contribution in [3.8, 4) is 0 Å². The standard InChI is InChI=1S/C17H21ClN4O/c1-12-5-3-4-6-14(12)13(2)21-7-9-22(10-8-21)15-11-19-20-17(23)16(15)18/h3-6,11,13H,7-10H2,1-2H3,(H,20,23). The van der Waals surface area contributed by atoms with E-state index < -0.39 is 0 Å². The first-order chi connectivity index (χ1) is 11.1. The number of aromatic amines is 1. The lowest BCUT2D eigenvalue weighted by molar-refractivity contribution is 0.198. The van der Waals surface area contributed by atoms with Crippen molar-refractivity contribution in [3.05, 3.63) is 57.0 Å². The Morgan fingerprint density at radius 1 is 1.22 bits per heavy atom. The van der Waals surface area contributed by atoms with Crippen LogP contribution in [-0.4, -0.2) is 41.3 Å². The molecule has 1 aliphatic rings. The van der Waals surface area contributed by atoms with Crippen LogP contribution in [-0.2, 0) is 0 Å². The van der Waals surface area contributed by atoms with Crippen molar-refractivity contribution >= 4 is 17.3 Å². The van der Waals surface area contributed by atoms with E-state index in [9.17, 15) is 4.79 Å². The average molecular weight is 333 g/mol. The third-order valence-corrected chi connectivity index (χ3v) is 4.98. The minimum atomic E-state index is -0.333. The molecule has 6 heteroatoms. The van der Waals surface area contributed by atoms with Gasteiger partial charge in [-0.2, -0.15) is 5.10 Å². The minimum Gasteiger partial charge on any atom is -0.366 e. The highest BCUT2D eigenvalue weighted by Crippen LogP contribution is 2.27. The molecule has 0 amide bonds. The Bertz CT molecular complexity index is 737. The lowest BCUT2D eigenvalue weighted by Crippen LogP contribution is -2.47. The van der Waals surface area contributed by atoms with Gasteiger partial charge in [0.05, 0.1) is 11.9 Å². The van der Waals surface area contributed by atoms with Crippen molar-refractivity contribution < 1.29 is 0 Å². The average Bonchev–Trinajstić information content (AvgIpc) is 2.57. The molecule has 1 aromatic carbocycles. The lowest BCUT2D eigenvalue weighted by Gasteiger charge is -2.39. The van der Waals surface area contributed by atoms with Crippen LogP contribution in [0.5, 0.6) is 0 Å². The zero-order valence-corrected chi connectivity index (χ0v) is 14.2. The second-order valence-corrected chi connectivity index (χ2v) is 6.33. The number of hydrogen-bond donors (Lipinski definition) is 1. The van der Waals surface area contributed by atoms with Crippen molar-refractivity contribution in [1.29, 1.82) is 0 Å². The Morgan fingerprint density at radius 2 is 1.91 bits per heavy atom. The molecule has 122 valence electrons. The summed E-state index contributed by atoms with van der Waals surface area (Å²) in [5, 5.41) is 6.44. The lowest BCUT2D eigenvalue weighted by atomic mass is 10.0. The van der Waals surface area contributed by atoms with E-state index in [0.29, 0.717) is 6.04 Å². The maximum absolute atomic E-state index is 11.6. The molecule has 1 fully saturated rings. The predicted octanol–water partition coefficient (Wildman–Crippen LogP) is 2.61. The second kappa shape index (κ2) is 6.72. The Morgan fingerprint density at radius 3 is 2.61 bits per heavy atom. The molecular formula is C17H21ClN4O. The van der Waals surface area contributed by atoms with E-state index in [4.69, 9.17) is 11.6 Å². The third-order valence-electron chi connectivity index (χ3n) is 4.62. The zero-order valence-electron chi connectivity index (χ0n) is 13.4. The number of aromatic nitrogens is 2. The van der Waals surface area contributed by atoms with Gasteiger partial charge in [0.2, 0.25) is 0 Å². The molecule has 0 saturated carbocycles. The van der Waals surface area contributed by atoms with Gasteiger partial charge < -0.3 is 4.90 Å². The van der Waals surface area contributed by atoms with Crippen molar-refractivity contribution in [2.24, 2.45) is 0 Å². The van der Waals surface area contributed by atoms with Crippen molar-refractivity contribution in [2.45, 2.75) is 19.9 Å². The van der Waals surface area contributed by atoms with E-state index in [2.05, 4.69) is 58.1 Å². The molecule has 0 bridgehead atoms. The molecular weight excluding hydrogens is 312 g/mol. The molecule has 0 radical (unpaired) electrons. The van der Waals surface area contributed by atoms with Gasteiger partial charge in [0, 0.05) is 32.2 Å². The fourth-order valence-electron chi connectivity index (χ4n) is 3.20. The van der Waals surface area contributed by atoms with Gasteiger partial charge in [-0.15, -0.1) is 0 Å². The zero-order chi connectivity index (χ0) is 16.4. The van der Waals surface area contributed by atoms with Crippen molar-refractivity contribution in [1.82, 2.24) is 15.1 Å². The molecule has 1 atom stereocenters. The van der Waals surface area contributed by atoms with Crippen LogP contribution in [0.3, 0.4) is 0 Å². The second-order valence-electron chi connectivity index (χ2n) is 5.95. The molecule has 1 aromatic heterocycles. The summed E-state index contributed by atoms with van der Waals surface area (Å²) in [5.41, 5.74) is 3.08. The van der Waals surface area contributed by atoms with Gasteiger partial charge in [0.15, 0.2) is 0 Å². The van der Waals surface area contributed by atoms with Crippen molar-refractivity contribution in [2.75, 3.05) is 31.1 Å². The number of aryl methyl sites for hydroxylation is 1. The molecule has 23 heavy (non-hydrogen) atoms. The monoisotopic (exact) mass is 332 g/mol. The van der Waals surface area contributed by atoms with Crippen LogP contribution in [0.2, 0.25) is 5.02 Å². The van der Waals surface area contributed by atoms with Crippen LogP contribution in [0.1, 0.15) is 24.1 Å². The summed E-state index contributed by atoms with van der Waals surface area (Å²) in [5.74, 6) is 0. The minimum absolute atomic E-state index is 0.223. The van der Waals surface area contributed by atoms with Gasteiger partial charge in [-0.25, -0.2) is 5.10 Å². The highest BCUT2D eigenvalue weighted by atomic mass is 35.5. The van der Waals surface area contributed by atoms with Gasteiger partial charge in [-0.1, -0.05) is 35.9 Å². The maximum Gasteiger partial charge on any atom is 0.285 e. The normalized spacial score (nSPS) is 17.3. The van der Waals surface area contributed by atoms with E-state index in [-0.39, 0.29) is 10.6 Å². The topological polar surface area (TPSA) is 52.2 Å². The highest BCUT2D eigenvalue weighted by molar-refractivity contribution is 6.32. The number of piperazine rings is 1. The summed E-state index contributed by atoms with van der Waals surface area (Å²) in [6.07, 6.45) is 1.63. The van der Waals surface area contributed by atoms with E-state index >= 15 is 0 Å². The molecule has 5 nitrogen and oxygen atoms in total. The van der Waals surface area contributed by atoms with Crippen LogP contribution in [0, 0.1) is 6.92 Å². The molecule has 2 heterocycles. The Hall–Kier alpha value is -1.85. The summed E-state index contributed by atoms with van der Waals surface area (Å²) >= 11 is 6.10. The first kappa shape index (κ1) is 16.0. The summed E-state index contributed by atoms with van der Waals surface area (Å²) in [6.45, 7) is 7.93. The molecule has 1 N–H and O–H groups in total. The summed E-state index contributed by atoms with van der Waals surface area (Å²) in [7, 11) is 0. The number of nitrogens with zero attached hydrogens (tertiary/aromatic N) is 3. The van der Waals surface area contributed by atoms with Crippen LogP contribution in [0.4, 0.5) is 5.69 Å². The first-order valence-electron chi connectivity index (χ1n) is 7.85. The number of hydrogen-bond acceptors (Lipinski definition) is 4. The van der Waals surface area contributed by atoms with E-state index in [1.165, 1.54) is 11.1 Å². The van der Waals surface area contributed by atoms with Crippen molar-refractivity contribution in [3.63, 3.8) is 0 Å². The molecule has 2 aromatic rings. The number of anilines is 1. The van der Waals surface area contributed by atoms with Crippen LogP contribution < -0.4 is 10.5 Å². The van der Waals surface area contributed by atoms with E-state index in [1.54, 1.807) is 6.20 Å². The largest absolute Gasteiger partial charge is 0.366 e. The fourth-order valence-corrected chi connectivity index (χ4v) is 3.41. The highest BCUT2D eigenvalue weighted by Gasteiger charge is 2.24. The predicted molar refractivity (Wildman–Crippen MR) is 93.2 cm³/mol. The molecule has 0 spiro atoms. The van der Waals surface area contributed by atoms with Gasteiger partial charge in [0.25, 0.3) is 5.56 Å². The maximum atomic E-state index is 11.6. The van der Waals surface area contributed by atoms with Gasteiger partial charge in [-0.3, -0.25) is 9.69 Å². The number of H-pyrrole nitrogens is 1. The number of rotatable bonds is 3. The molecule has 1 saturated heterocycles. The summed E-state index contributed by atoms with van der Waals surface area (Å²) < 4.78 is 0. The smallest absolute Gasteiger partial charge is 0.285 e. The SMILES string of the molecule is Cc1ccccc1C(C)N1CCN(c2cn[nH]c(=O)c2Cl)CC1.